The Balaban J connectivity index is 2.65. The Morgan fingerprint density at radius 2 is 1.65 bits per heavy atom. The van der Waals surface area contributed by atoms with Gasteiger partial charge in [0.15, 0.2) is 0 Å². The van der Waals surface area contributed by atoms with Gasteiger partial charge < -0.3 is 10.0 Å². The van der Waals surface area contributed by atoms with Gasteiger partial charge in [0.2, 0.25) is 0 Å². The molecule has 2 radical (unpaired) electrons. The van der Waals surface area contributed by atoms with Gasteiger partial charge in [0.05, 0.1) is 0 Å². The third-order valence-electron chi connectivity index (χ3n) is 2.54. The van der Waals surface area contributed by atoms with E-state index in [1.54, 1.807) is 6.07 Å². The van der Waals surface area contributed by atoms with E-state index in [4.69, 9.17) is 19.4 Å². The van der Waals surface area contributed by atoms with Crippen LogP contribution in [0.3, 0.4) is 0 Å². The summed E-state index contributed by atoms with van der Waals surface area (Å²) in [7, 11) is 4.27. The van der Waals surface area contributed by atoms with E-state index in [2.05, 4.69) is 0 Å². The second kappa shape index (κ2) is 4.96. The molecule has 2 aromatic rings. The number of halogens is 1. The van der Waals surface area contributed by atoms with Crippen molar-refractivity contribution in [2.45, 2.75) is 0 Å². The largest absolute Gasteiger partial charge is 0.489 e. The predicted molar refractivity (Wildman–Crippen MR) is 72.1 cm³/mol. The lowest BCUT2D eigenvalue weighted by molar-refractivity contribution is 0.426. The Kier molecular flexibility index (Phi) is 3.57. The highest BCUT2D eigenvalue weighted by atomic mass is 35.5. The minimum absolute atomic E-state index is 0.250. The lowest BCUT2D eigenvalue weighted by Crippen LogP contribution is -2.32. The molecule has 2 nitrogen and oxygen atoms in total. The van der Waals surface area contributed by atoms with E-state index in [1.807, 2.05) is 30.3 Å². The Morgan fingerprint density at radius 3 is 2.24 bits per heavy atom. The van der Waals surface area contributed by atoms with Crippen LogP contribution < -0.4 is 10.9 Å². The van der Waals surface area contributed by atoms with Crippen LogP contribution in [0.1, 0.15) is 0 Å². The van der Waals surface area contributed by atoms with Crippen molar-refractivity contribution in [1.29, 1.82) is 0 Å². The third-order valence-corrected chi connectivity index (χ3v) is 2.95. The predicted octanol–water partition coefficient (Wildman–Crippen LogP) is 0.481. The van der Waals surface area contributed by atoms with Gasteiger partial charge in [-0.15, -0.1) is 0 Å². The molecule has 0 aliphatic carbocycles. The molecule has 0 fully saturated rings. The first-order chi connectivity index (χ1) is 8.11. The quantitative estimate of drug-likeness (QED) is 0.752. The first-order valence-corrected chi connectivity index (χ1v) is 5.48. The molecule has 82 valence electrons. The molecular weight excluding hydrogens is 233 g/mol. The average molecular weight is 242 g/mol. The van der Waals surface area contributed by atoms with E-state index in [9.17, 15) is 10.0 Å². The fourth-order valence-electron chi connectivity index (χ4n) is 1.70. The Hall–Kier alpha value is -1.22. The summed E-state index contributed by atoms with van der Waals surface area (Å²) < 4.78 is 0. The molecule has 0 amide bonds. The van der Waals surface area contributed by atoms with Gasteiger partial charge in [0.25, 0.3) is 0 Å². The fourth-order valence-corrected chi connectivity index (χ4v) is 2.08. The topological polar surface area (TPSA) is 40.5 Å². The summed E-state index contributed by atoms with van der Waals surface area (Å²) in [6, 6.07) is 12.5. The summed E-state index contributed by atoms with van der Waals surface area (Å²) in [5.74, 6) is 0. The second-order valence-corrected chi connectivity index (χ2v) is 4.05. The molecule has 0 aliphatic rings. The first kappa shape index (κ1) is 12.2. The SMILES string of the molecule is [B]c1ccc(B(O)O)c(Cl)c1-c1ccccc1. The van der Waals surface area contributed by atoms with Crippen molar-refractivity contribution in [2.75, 3.05) is 0 Å². The van der Waals surface area contributed by atoms with E-state index >= 15 is 0 Å². The highest BCUT2D eigenvalue weighted by Crippen LogP contribution is 2.24. The maximum absolute atomic E-state index is 9.20. The zero-order valence-electron chi connectivity index (χ0n) is 8.97. The van der Waals surface area contributed by atoms with Gasteiger partial charge in [-0.05, 0) is 11.1 Å². The number of benzene rings is 2. The summed E-state index contributed by atoms with van der Waals surface area (Å²) >= 11 is 6.14. The molecule has 0 saturated heterocycles. The first-order valence-electron chi connectivity index (χ1n) is 5.10. The molecule has 0 unspecified atom stereocenters. The highest BCUT2D eigenvalue weighted by Gasteiger charge is 2.19. The average Bonchev–Trinajstić information content (AvgIpc) is 2.30. The molecule has 0 aliphatic heterocycles. The maximum Gasteiger partial charge on any atom is 0.489 e. The van der Waals surface area contributed by atoms with E-state index in [-0.39, 0.29) is 10.5 Å². The third kappa shape index (κ3) is 2.39. The molecule has 0 heterocycles. The Bertz CT molecular complexity index is 530. The molecule has 2 aromatic carbocycles. The van der Waals surface area contributed by atoms with Crippen molar-refractivity contribution in [2.24, 2.45) is 0 Å². The molecule has 5 heteroatoms. The standard InChI is InChI=1S/C12H9B2ClO2/c13-9-6-7-10(14(16)17)12(15)11(9)8-4-2-1-3-5-8/h1-7,16-17H. The highest BCUT2D eigenvalue weighted by molar-refractivity contribution is 6.64. The van der Waals surface area contributed by atoms with E-state index < -0.39 is 7.12 Å². The molecule has 0 spiro atoms. The summed E-state index contributed by atoms with van der Waals surface area (Å²) in [6.07, 6.45) is 0. The number of hydrogen-bond donors (Lipinski definition) is 2. The second-order valence-electron chi connectivity index (χ2n) is 3.67. The summed E-state index contributed by atoms with van der Waals surface area (Å²) in [5, 5.41) is 18.7. The maximum atomic E-state index is 9.20. The molecule has 2 rings (SSSR count). The van der Waals surface area contributed by atoms with Gasteiger partial charge >= 0.3 is 7.12 Å². The molecule has 0 atom stereocenters. The lowest BCUT2D eigenvalue weighted by Gasteiger charge is -2.13. The molecule has 0 bridgehead atoms. The molecular formula is C12H9B2ClO2. The van der Waals surface area contributed by atoms with E-state index in [0.717, 1.165) is 5.56 Å². The van der Waals surface area contributed by atoms with Gasteiger partial charge in [-0.2, -0.15) is 0 Å². The summed E-state index contributed by atoms with van der Waals surface area (Å²) in [6.45, 7) is 0. The van der Waals surface area contributed by atoms with Crippen LogP contribution in [0.15, 0.2) is 42.5 Å². The summed E-state index contributed by atoms with van der Waals surface area (Å²) in [5.41, 5.74) is 2.22. The van der Waals surface area contributed by atoms with Crippen LogP contribution in [0, 0.1) is 0 Å². The Morgan fingerprint density at radius 1 is 1.00 bits per heavy atom. The lowest BCUT2D eigenvalue weighted by atomic mass is 9.75. The van der Waals surface area contributed by atoms with Crippen LogP contribution in [-0.2, 0) is 0 Å². The monoisotopic (exact) mass is 242 g/mol. The van der Waals surface area contributed by atoms with Gasteiger partial charge in [-0.3, -0.25) is 0 Å². The van der Waals surface area contributed by atoms with Crippen molar-refractivity contribution in [3.63, 3.8) is 0 Å². The van der Waals surface area contributed by atoms with Crippen molar-refractivity contribution in [1.82, 2.24) is 0 Å². The van der Waals surface area contributed by atoms with Crippen LogP contribution in [0.25, 0.3) is 11.1 Å². The van der Waals surface area contributed by atoms with E-state index in [1.165, 1.54) is 6.07 Å². The van der Waals surface area contributed by atoms with Crippen LogP contribution in [-0.4, -0.2) is 25.0 Å². The normalized spacial score (nSPS) is 10.3. The minimum atomic E-state index is -1.61. The van der Waals surface area contributed by atoms with Crippen LogP contribution in [0.2, 0.25) is 5.02 Å². The van der Waals surface area contributed by atoms with Crippen molar-refractivity contribution >= 4 is 37.5 Å². The van der Waals surface area contributed by atoms with Gasteiger partial charge in [-0.25, -0.2) is 0 Å². The fraction of sp³-hybridized carbons (Fsp3) is 0. The van der Waals surface area contributed by atoms with Crippen molar-refractivity contribution < 1.29 is 10.0 Å². The summed E-state index contributed by atoms with van der Waals surface area (Å²) in [4.78, 5) is 0. The van der Waals surface area contributed by atoms with Gasteiger partial charge in [0.1, 0.15) is 7.85 Å². The van der Waals surface area contributed by atoms with Crippen molar-refractivity contribution in [3.05, 3.63) is 47.5 Å². The molecule has 17 heavy (non-hydrogen) atoms. The smallest absolute Gasteiger partial charge is 0.423 e. The van der Waals surface area contributed by atoms with Crippen LogP contribution >= 0.6 is 11.6 Å². The van der Waals surface area contributed by atoms with E-state index in [0.29, 0.717) is 11.0 Å². The Labute approximate surface area is 106 Å². The van der Waals surface area contributed by atoms with Crippen LogP contribution in [0.5, 0.6) is 0 Å². The molecule has 0 saturated carbocycles. The van der Waals surface area contributed by atoms with Crippen LogP contribution in [0.4, 0.5) is 0 Å². The molecule has 2 N–H and O–H groups in total. The molecule has 0 aromatic heterocycles. The van der Waals surface area contributed by atoms with Gasteiger partial charge in [-0.1, -0.05) is 59.5 Å². The zero-order valence-corrected chi connectivity index (χ0v) is 9.72. The minimum Gasteiger partial charge on any atom is -0.423 e. The van der Waals surface area contributed by atoms with Crippen molar-refractivity contribution in [3.8, 4) is 11.1 Å². The zero-order chi connectivity index (χ0) is 12.4. The number of rotatable bonds is 2. The van der Waals surface area contributed by atoms with Gasteiger partial charge in [0, 0.05) is 10.5 Å². The number of hydrogen-bond acceptors (Lipinski definition) is 2.